The third-order valence-electron chi connectivity index (χ3n) is 7.46. The monoisotopic (exact) mass is 506 g/mol. The predicted octanol–water partition coefficient (Wildman–Crippen LogP) is 1.65. The fourth-order valence-corrected chi connectivity index (χ4v) is 6.08. The van der Waals surface area contributed by atoms with Crippen LogP contribution < -0.4 is 10.5 Å². The highest BCUT2D eigenvalue weighted by atomic mass is 32.2. The number of hydrogen-bond donors (Lipinski definition) is 2. The first-order chi connectivity index (χ1) is 16.5. The topological polar surface area (TPSA) is 130 Å². The van der Waals surface area contributed by atoms with Gasteiger partial charge >= 0.3 is 0 Å². The van der Waals surface area contributed by atoms with Crippen LogP contribution in [-0.4, -0.2) is 68.2 Å². The number of hydrogen-bond acceptors (Lipinski definition) is 5. The number of carbonyl (C=O) groups is 3. The maximum atomic E-state index is 13.4. The number of nitrogens with zero attached hydrogens (tertiary/aromatic N) is 2. The van der Waals surface area contributed by atoms with Crippen molar-refractivity contribution in [3.8, 4) is 0 Å². The summed E-state index contributed by atoms with van der Waals surface area (Å²) in [6, 6.07) is 5.67. The number of nitrogens with two attached hydrogens (primary N) is 1. The molecule has 9 nitrogen and oxygen atoms in total. The van der Waals surface area contributed by atoms with Crippen molar-refractivity contribution < 1.29 is 22.8 Å². The van der Waals surface area contributed by atoms with E-state index in [9.17, 15) is 22.8 Å². The lowest BCUT2D eigenvalue weighted by Crippen LogP contribution is -2.54. The van der Waals surface area contributed by atoms with E-state index >= 15 is 0 Å². The van der Waals surface area contributed by atoms with Crippen molar-refractivity contribution in [3.63, 3.8) is 0 Å². The molecule has 1 aromatic rings. The Kier molecular flexibility index (Phi) is 8.93. The van der Waals surface area contributed by atoms with Crippen LogP contribution in [0, 0.1) is 24.7 Å². The molecule has 1 aromatic carbocycles. The summed E-state index contributed by atoms with van der Waals surface area (Å²) in [5, 5.41) is 0. The molecular weight excluding hydrogens is 468 g/mol. The van der Waals surface area contributed by atoms with Gasteiger partial charge in [-0.1, -0.05) is 38.0 Å². The van der Waals surface area contributed by atoms with Gasteiger partial charge < -0.3 is 15.5 Å². The van der Waals surface area contributed by atoms with Crippen LogP contribution in [0.4, 0.5) is 0 Å². The first kappa shape index (κ1) is 27.1. The molecule has 2 atom stereocenters. The van der Waals surface area contributed by atoms with E-state index in [1.807, 2.05) is 20.8 Å². The number of aryl methyl sites for hydroxylation is 1. The number of piperidine rings is 2. The molecule has 1 unspecified atom stereocenters. The normalized spacial score (nSPS) is 19.9. The van der Waals surface area contributed by atoms with Crippen LogP contribution in [0.5, 0.6) is 0 Å². The van der Waals surface area contributed by atoms with Crippen molar-refractivity contribution >= 4 is 27.7 Å². The van der Waals surface area contributed by atoms with E-state index in [2.05, 4.69) is 4.72 Å². The molecule has 0 radical (unpaired) electrons. The van der Waals surface area contributed by atoms with Crippen LogP contribution in [0.15, 0.2) is 29.2 Å². The highest BCUT2D eigenvalue weighted by Gasteiger charge is 2.37. The number of carbonyl (C=O) groups excluding carboxylic acids is 3. The lowest BCUT2D eigenvalue weighted by atomic mass is 9.91. The second-order valence-electron chi connectivity index (χ2n) is 9.90. The van der Waals surface area contributed by atoms with Gasteiger partial charge in [-0.05, 0) is 50.7 Å². The Hall–Kier alpha value is -2.46. The van der Waals surface area contributed by atoms with Gasteiger partial charge in [-0.3, -0.25) is 14.4 Å². The molecule has 0 spiro atoms. The smallest absolute Gasteiger partial charge is 0.241 e. The second-order valence-corrected chi connectivity index (χ2v) is 11.6. The van der Waals surface area contributed by atoms with E-state index in [-0.39, 0.29) is 40.4 Å². The van der Waals surface area contributed by atoms with Gasteiger partial charge in [-0.15, -0.1) is 0 Å². The van der Waals surface area contributed by atoms with E-state index in [1.165, 1.54) is 0 Å². The highest BCUT2D eigenvalue weighted by Crippen LogP contribution is 2.25. The van der Waals surface area contributed by atoms with Crippen molar-refractivity contribution in [2.24, 2.45) is 23.5 Å². The number of primary amides is 1. The van der Waals surface area contributed by atoms with Crippen molar-refractivity contribution in [1.29, 1.82) is 0 Å². The number of amides is 3. The predicted molar refractivity (Wildman–Crippen MR) is 133 cm³/mol. The Labute approximate surface area is 208 Å². The molecule has 2 heterocycles. The molecule has 2 saturated heterocycles. The Morgan fingerprint density at radius 1 is 0.971 bits per heavy atom. The standard InChI is InChI=1S/C25H38N4O5S/c1-4-18(3)22(27-35(33,34)21-7-5-17(2)6-8-21)25(32)29-15-11-20(12-16-29)24(31)28-13-9-19(10-14-28)23(26)30/h5-8,18-20,22,27H,4,9-16H2,1-3H3,(H2,26,30)/t18?,22-/m0/s1. The zero-order valence-corrected chi connectivity index (χ0v) is 21.7. The number of sulfonamides is 1. The summed E-state index contributed by atoms with van der Waals surface area (Å²) in [7, 11) is -3.86. The zero-order chi connectivity index (χ0) is 25.8. The lowest BCUT2D eigenvalue weighted by Gasteiger charge is -2.38. The summed E-state index contributed by atoms with van der Waals surface area (Å²) in [6.45, 7) is 7.56. The van der Waals surface area contributed by atoms with Gasteiger partial charge in [0.05, 0.1) is 4.90 Å². The van der Waals surface area contributed by atoms with Gasteiger partial charge in [0.1, 0.15) is 6.04 Å². The van der Waals surface area contributed by atoms with E-state index in [4.69, 9.17) is 5.73 Å². The summed E-state index contributed by atoms with van der Waals surface area (Å²) >= 11 is 0. The quantitative estimate of drug-likeness (QED) is 0.554. The first-order valence-electron chi connectivity index (χ1n) is 12.5. The summed E-state index contributed by atoms with van der Waals surface area (Å²) in [5.74, 6) is -1.01. The van der Waals surface area contributed by atoms with Gasteiger partial charge in [0.25, 0.3) is 0 Å². The third-order valence-corrected chi connectivity index (χ3v) is 8.91. The maximum Gasteiger partial charge on any atom is 0.241 e. The van der Waals surface area contributed by atoms with Crippen LogP contribution in [0.3, 0.4) is 0 Å². The maximum absolute atomic E-state index is 13.4. The molecule has 3 rings (SSSR count). The van der Waals surface area contributed by atoms with Gasteiger partial charge in [0.15, 0.2) is 0 Å². The Balaban J connectivity index is 1.61. The summed E-state index contributed by atoms with van der Waals surface area (Å²) in [6.07, 6.45) is 2.91. The Morgan fingerprint density at radius 3 is 2.00 bits per heavy atom. The van der Waals surface area contributed by atoms with Crippen LogP contribution in [0.1, 0.15) is 51.5 Å². The van der Waals surface area contributed by atoms with Crippen molar-refractivity contribution in [2.45, 2.75) is 63.8 Å². The number of benzene rings is 1. The van der Waals surface area contributed by atoms with E-state index in [0.717, 1.165) is 5.56 Å². The Morgan fingerprint density at radius 2 is 1.49 bits per heavy atom. The lowest BCUT2D eigenvalue weighted by molar-refractivity contribution is -0.143. The minimum Gasteiger partial charge on any atom is -0.369 e. The van der Waals surface area contributed by atoms with Gasteiger partial charge in [0.2, 0.25) is 27.7 Å². The molecule has 0 aromatic heterocycles. The second kappa shape index (κ2) is 11.5. The molecule has 3 amide bonds. The van der Waals surface area contributed by atoms with E-state index < -0.39 is 16.1 Å². The highest BCUT2D eigenvalue weighted by molar-refractivity contribution is 7.89. The van der Waals surface area contributed by atoms with Crippen molar-refractivity contribution in [1.82, 2.24) is 14.5 Å². The van der Waals surface area contributed by atoms with E-state index in [1.54, 1.807) is 34.1 Å². The number of rotatable bonds is 8. The fraction of sp³-hybridized carbons (Fsp3) is 0.640. The van der Waals surface area contributed by atoms with Gasteiger partial charge in [-0.2, -0.15) is 4.72 Å². The molecule has 194 valence electrons. The molecule has 10 heteroatoms. The summed E-state index contributed by atoms with van der Waals surface area (Å²) < 4.78 is 28.6. The molecule has 35 heavy (non-hydrogen) atoms. The number of nitrogens with one attached hydrogen (secondary N) is 1. The minimum atomic E-state index is -3.86. The molecule has 0 saturated carbocycles. The molecule has 2 aliphatic rings. The largest absolute Gasteiger partial charge is 0.369 e. The summed E-state index contributed by atoms with van der Waals surface area (Å²) in [4.78, 5) is 41.4. The molecule has 2 fully saturated rings. The van der Waals surface area contributed by atoms with Crippen LogP contribution in [-0.2, 0) is 24.4 Å². The van der Waals surface area contributed by atoms with E-state index in [0.29, 0.717) is 58.3 Å². The van der Waals surface area contributed by atoms with Crippen LogP contribution in [0.2, 0.25) is 0 Å². The van der Waals surface area contributed by atoms with Gasteiger partial charge in [0, 0.05) is 38.0 Å². The number of likely N-dealkylation sites (tertiary alicyclic amines) is 2. The van der Waals surface area contributed by atoms with Crippen LogP contribution >= 0.6 is 0 Å². The molecule has 0 bridgehead atoms. The molecule has 3 N–H and O–H groups in total. The molecule has 0 aliphatic carbocycles. The first-order valence-corrected chi connectivity index (χ1v) is 14.0. The molecule has 2 aliphatic heterocycles. The average Bonchev–Trinajstić information content (AvgIpc) is 2.86. The van der Waals surface area contributed by atoms with Crippen LogP contribution in [0.25, 0.3) is 0 Å². The van der Waals surface area contributed by atoms with Crippen molar-refractivity contribution in [2.75, 3.05) is 26.2 Å². The molecular formula is C25H38N4O5S. The Bertz CT molecular complexity index is 1010. The SMILES string of the molecule is CCC(C)[C@H](NS(=O)(=O)c1ccc(C)cc1)C(=O)N1CCC(C(=O)N2CCC(C(N)=O)CC2)CC1. The average molecular weight is 507 g/mol. The zero-order valence-electron chi connectivity index (χ0n) is 20.9. The fourth-order valence-electron chi connectivity index (χ4n) is 4.78. The third kappa shape index (κ3) is 6.61. The van der Waals surface area contributed by atoms with Gasteiger partial charge in [-0.25, -0.2) is 8.42 Å². The minimum absolute atomic E-state index is 0.0681. The summed E-state index contributed by atoms with van der Waals surface area (Å²) in [5.41, 5.74) is 6.34. The van der Waals surface area contributed by atoms with Crippen molar-refractivity contribution in [3.05, 3.63) is 29.8 Å².